The van der Waals surface area contributed by atoms with Gasteiger partial charge in [-0.05, 0) is 49.4 Å². The number of nitrogens with zero attached hydrogens (tertiary/aromatic N) is 4. The number of hydrogen-bond acceptors (Lipinski definition) is 3. The number of carbonyl (C=O) groups excluding carboxylic acids is 1. The maximum atomic E-state index is 12.6. The Morgan fingerprint density at radius 3 is 2.55 bits per heavy atom. The van der Waals surface area contributed by atoms with E-state index in [1.54, 1.807) is 10.9 Å². The monoisotopic (exact) mass is 457 g/mol. The van der Waals surface area contributed by atoms with Gasteiger partial charge in [0.1, 0.15) is 5.82 Å². The number of hydrogen-bond donors (Lipinski definition) is 1. The van der Waals surface area contributed by atoms with E-state index in [9.17, 15) is 4.79 Å². The van der Waals surface area contributed by atoms with E-state index in [0.29, 0.717) is 31.1 Å². The maximum absolute atomic E-state index is 12.6. The third-order valence-corrected chi connectivity index (χ3v) is 5.43. The Bertz CT molecular complexity index is 972. The topological polar surface area (TPSA) is 64.7 Å². The highest BCUT2D eigenvalue weighted by Gasteiger charge is 2.15. The lowest BCUT2D eigenvalue weighted by Gasteiger charge is -2.10. The first-order valence-electron chi connectivity index (χ1n) is 9.92. The summed E-state index contributed by atoms with van der Waals surface area (Å²) in [5.74, 6) is 1.23. The SMILES string of the molecule is Cc1nn(CC(C)C)c(C)c1CCC(=O)Nc1ccnn1Cc1ccc(Br)cc1. The molecule has 0 saturated carbocycles. The van der Waals surface area contributed by atoms with Crippen LogP contribution < -0.4 is 5.32 Å². The Morgan fingerprint density at radius 1 is 1.14 bits per heavy atom. The van der Waals surface area contributed by atoms with E-state index in [2.05, 4.69) is 56.9 Å². The average molecular weight is 458 g/mol. The normalized spacial score (nSPS) is 11.2. The van der Waals surface area contributed by atoms with Crippen LogP contribution in [0.1, 0.15) is 42.8 Å². The molecule has 0 aliphatic rings. The van der Waals surface area contributed by atoms with Crippen molar-refractivity contribution in [1.29, 1.82) is 0 Å². The van der Waals surface area contributed by atoms with Gasteiger partial charge in [-0.1, -0.05) is 41.9 Å². The summed E-state index contributed by atoms with van der Waals surface area (Å²) in [7, 11) is 0. The molecule has 3 rings (SSSR count). The van der Waals surface area contributed by atoms with Crippen LogP contribution in [0, 0.1) is 19.8 Å². The summed E-state index contributed by atoms with van der Waals surface area (Å²) in [5.41, 5.74) is 4.46. The maximum Gasteiger partial charge on any atom is 0.225 e. The van der Waals surface area contributed by atoms with Crippen molar-refractivity contribution in [2.24, 2.45) is 5.92 Å². The number of amides is 1. The van der Waals surface area contributed by atoms with Crippen LogP contribution in [-0.4, -0.2) is 25.5 Å². The van der Waals surface area contributed by atoms with E-state index >= 15 is 0 Å². The first kappa shape index (κ1) is 21.3. The number of halogens is 1. The third kappa shape index (κ3) is 5.56. The molecule has 0 radical (unpaired) electrons. The van der Waals surface area contributed by atoms with Gasteiger partial charge in [0.2, 0.25) is 5.91 Å². The van der Waals surface area contributed by atoms with E-state index in [1.807, 2.05) is 37.3 Å². The van der Waals surface area contributed by atoms with Crippen LogP contribution in [0.4, 0.5) is 5.82 Å². The van der Waals surface area contributed by atoms with Gasteiger partial charge in [-0.2, -0.15) is 10.2 Å². The Kier molecular flexibility index (Phi) is 6.90. The molecule has 154 valence electrons. The number of nitrogens with one attached hydrogen (secondary N) is 1. The van der Waals surface area contributed by atoms with E-state index < -0.39 is 0 Å². The predicted octanol–water partition coefficient (Wildman–Crippen LogP) is 4.73. The molecule has 3 aromatic rings. The van der Waals surface area contributed by atoms with E-state index in [4.69, 9.17) is 0 Å². The summed E-state index contributed by atoms with van der Waals surface area (Å²) in [6.07, 6.45) is 2.81. The Labute approximate surface area is 180 Å². The molecule has 2 aromatic heterocycles. The van der Waals surface area contributed by atoms with Crippen LogP contribution in [0.5, 0.6) is 0 Å². The molecule has 0 fully saturated rings. The smallest absolute Gasteiger partial charge is 0.225 e. The fourth-order valence-corrected chi connectivity index (χ4v) is 3.66. The number of rotatable bonds is 8. The molecule has 0 bridgehead atoms. The summed E-state index contributed by atoms with van der Waals surface area (Å²) in [6.45, 7) is 9.97. The van der Waals surface area contributed by atoms with Gasteiger partial charge in [-0.25, -0.2) is 4.68 Å². The molecule has 0 atom stereocenters. The molecule has 0 spiro atoms. The van der Waals surface area contributed by atoms with Crippen molar-refractivity contribution in [3.8, 4) is 0 Å². The summed E-state index contributed by atoms with van der Waals surface area (Å²) in [5, 5.41) is 12.0. The van der Waals surface area contributed by atoms with Crippen LogP contribution in [0.3, 0.4) is 0 Å². The van der Waals surface area contributed by atoms with Gasteiger partial charge in [-0.3, -0.25) is 9.48 Å². The lowest BCUT2D eigenvalue weighted by Crippen LogP contribution is -2.16. The van der Waals surface area contributed by atoms with Crippen molar-refractivity contribution >= 4 is 27.7 Å². The van der Waals surface area contributed by atoms with Gasteiger partial charge in [0.05, 0.1) is 18.4 Å². The molecular formula is C22H28BrN5O. The first-order valence-corrected chi connectivity index (χ1v) is 10.7. The van der Waals surface area contributed by atoms with Crippen LogP contribution >= 0.6 is 15.9 Å². The zero-order valence-electron chi connectivity index (χ0n) is 17.4. The van der Waals surface area contributed by atoms with E-state index in [-0.39, 0.29) is 5.91 Å². The van der Waals surface area contributed by atoms with Crippen LogP contribution in [0.15, 0.2) is 41.0 Å². The zero-order chi connectivity index (χ0) is 21.0. The highest BCUT2D eigenvalue weighted by Crippen LogP contribution is 2.18. The molecule has 6 nitrogen and oxygen atoms in total. The second-order valence-corrected chi connectivity index (χ2v) is 8.69. The quantitative estimate of drug-likeness (QED) is 0.531. The third-order valence-electron chi connectivity index (χ3n) is 4.90. The van der Waals surface area contributed by atoms with Gasteiger partial charge < -0.3 is 5.32 Å². The number of carbonyl (C=O) groups is 1. The zero-order valence-corrected chi connectivity index (χ0v) is 19.0. The van der Waals surface area contributed by atoms with E-state index in [0.717, 1.165) is 28.0 Å². The Balaban J connectivity index is 1.60. The van der Waals surface area contributed by atoms with Gasteiger partial charge in [-0.15, -0.1) is 0 Å². The number of aromatic nitrogens is 4. The number of benzene rings is 1. The Hall–Kier alpha value is -2.41. The van der Waals surface area contributed by atoms with Gasteiger partial charge in [0, 0.05) is 29.2 Å². The molecule has 1 N–H and O–H groups in total. The fraction of sp³-hybridized carbons (Fsp3) is 0.409. The number of aryl methyl sites for hydroxylation is 1. The van der Waals surface area contributed by atoms with Gasteiger partial charge in [0.25, 0.3) is 0 Å². The standard InChI is InChI=1S/C22H28BrN5O/c1-15(2)13-27-17(4)20(16(3)26-27)9-10-22(29)25-21-11-12-24-28(21)14-18-5-7-19(23)8-6-18/h5-8,11-12,15H,9-10,13-14H2,1-4H3,(H,25,29). The molecule has 0 saturated heterocycles. The lowest BCUT2D eigenvalue weighted by molar-refractivity contribution is -0.116. The average Bonchev–Trinajstić information content (AvgIpc) is 3.19. The van der Waals surface area contributed by atoms with Crippen molar-refractivity contribution in [1.82, 2.24) is 19.6 Å². The van der Waals surface area contributed by atoms with Crippen molar-refractivity contribution in [2.75, 3.05) is 5.32 Å². The summed E-state index contributed by atoms with van der Waals surface area (Å²) < 4.78 is 4.90. The van der Waals surface area contributed by atoms with Crippen LogP contribution in [-0.2, 0) is 24.3 Å². The molecule has 2 heterocycles. The van der Waals surface area contributed by atoms with Crippen molar-refractivity contribution in [2.45, 2.75) is 53.6 Å². The second kappa shape index (κ2) is 9.39. The van der Waals surface area contributed by atoms with Crippen LogP contribution in [0.25, 0.3) is 0 Å². The van der Waals surface area contributed by atoms with Crippen LogP contribution in [0.2, 0.25) is 0 Å². The fourth-order valence-electron chi connectivity index (χ4n) is 3.39. The second-order valence-electron chi connectivity index (χ2n) is 7.77. The van der Waals surface area contributed by atoms with Crippen molar-refractivity contribution < 1.29 is 4.79 Å². The highest BCUT2D eigenvalue weighted by atomic mass is 79.9. The van der Waals surface area contributed by atoms with Crippen molar-refractivity contribution in [3.63, 3.8) is 0 Å². The Morgan fingerprint density at radius 2 is 1.86 bits per heavy atom. The predicted molar refractivity (Wildman–Crippen MR) is 119 cm³/mol. The van der Waals surface area contributed by atoms with Gasteiger partial charge in [0.15, 0.2) is 0 Å². The molecule has 0 unspecified atom stereocenters. The molecule has 1 aromatic carbocycles. The van der Waals surface area contributed by atoms with E-state index in [1.165, 1.54) is 5.56 Å². The molecular weight excluding hydrogens is 430 g/mol. The molecule has 0 aliphatic carbocycles. The minimum Gasteiger partial charge on any atom is -0.311 e. The summed E-state index contributed by atoms with van der Waals surface area (Å²) in [6, 6.07) is 9.91. The minimum atomic E-state index is -0.0158. The molecule has 0 aliphatic heterocycles. The number of anilines is 1. The highest BCUT2D eigenvalue weighted by molar-refractivity contribution is 9.10. The summed E-state index contributed by atoms with van der Waals surface area (Å²) >= 11 is 3.44. The van der Waals surface area contributed by atoms with Crippen molar-refractivity contribution in [3.05, 3.63) is 63.5 Å². The molecule has 1 amide bonds. The summed E-state index contributed by atoms with van der Waals surface area (Å²) in [4.78, 5) is 12.6. The molecule has 29 heavy (non-hydrogen) atoms. The first-order chi connectivity index (χ1) is 13.8. The lowest BCUT2D eigenvalue weighted by atomic mass is 10.1. The molecule has 7 heteroatoms. The van der Waals surface area contributed by atoms with Gasteiger partial charge >= 0.3 is 0 Å². The largest absolute Gasteiger partial charge is 0.311 e. The minimum absolute atomic E-state index is 0.0158.